The minimum atomic E-state index is 0.00279. The molecule has 0 saturated carbocycles. The standard InChI is InChI=1S/C15H19NO2/c1-2-15(17)16-10-11-18-14(12-16)9-8-13-6-4-3-5-7-13/h2-7,14H,1,8-12H2/t14-/m1/s1. The van der Waals surface area contributed by atoms with Crippen LogP contribution in [0.1, 0.15) is 12.0 Å². The van der Waals surface area contributed by atoms with Gasteiger partial charge in [-0.2, -0.15) is 0 Å². The van der Waals surface area contributed by atoms with Gasteiger partial charge in [0, 0.05) is 13.1 Å². The quantitative estimate of drug-likeness (QED) is 0.760. The van der Waals surface area contributed by atoms with Crippen molar-refractivity contribution < 1.29 is 9.53 Å². The Hall–Kier alpha value is -1.61. The third-order valence-electron chi connectivity index (χ3n) is 3.22. The second-order valence-corrected chi connectivity index (χ2v) is 4.51. The Bertz CT molecular complexity index is 402. The van der Waals surface area contributed by atoms with Crippen LogP contribution < -0.4 is 0 Å². The molecule has 0 bridgehead atoms. The molecule has 1 atom stereocenters. The third kappa shape index (κ3) is 3.44. The maximum absolute atomic E-state index is 11.5. The van der Waals surface area contributed by atoms with E-state index in [1.54, 1.807) is 0 Å². The van der Waals surface area contributed by atoms with Crippen molar-refractivity contribution in [1.29, 1.82) is 0 Å². The molecule has 96 valence electrons. The summed E-state index contributed by atoms with van der Waals surface area (Å²) in [5.41, 5.74) is 1.31. The van der Waals surface area contributed by atoms with Gasteiger partial charge in [0.15, 0.2) is 0 Å². The number of ether oxygens (including phenoxy) is 1. The van der Waals surface area contributed by atoms with Crippen molar-refractivity contribution >= 4 is 5.91 Å². The highest BCUT2D eigenvalue weighted by Crippen LogP contribution is 2.12. The fourth-order valence-corrected chi connectivity index (χ4v) is 2.20. The Kier molecular flexibility index (Phi) is 4.53. The first-order chi connectivity index (χ1) is 8.79. The molecule has 0 unspecified atom stereocenters. The van der Waals surface area contributed by atoms with Gasteiger partial charge in [-0.15, -0.1) is 0 Å². The van der Waals surface area contributed by atoms with Crippen molar-refractivity contribution in [2.24, 2.45) is 0 Å². The van der Waals surface area contributed by atoms with Gasteiger partial charge in [-0.1, -0.05) is 36.9 Å². The highest BCUT2D eigenvalue weighted by molar-refractivity contribution is 5.87. The number of carbonyl (C=O) groups is 1. The first-order valence-corrected chi connectivity index (χ1v) is 6.36. The van der Waals surface area contributed by atoms with Gasteiger partial charge in [0.05, 0.1) is 12.7 Å². The second kappa shape index (κ2) is 6.36. The predicted molar refractivity (Wildman–Crippen MR) is 71.3 cm³/mol. The highest BCUT2D eigenvalue weighted by Gasteiger charge is 2.22. The van der Waals surface area contributed by atoms with Crippen LogP contribution in [0.15, 0.2) is 43.0 Å². The molecule has 1 amide bonds. The molecule has 3 nitrogen and oxygen atoms in total. The Labute approximate surface area is 108 Å². The van der Waals surface area contributed by atoms with Crippen molar-refractivity contribution in [2.75, 3.05) is 19.7 Å². The van der Waals surface area contributed by atoms with Gasteiger partial charge in [-0.25, -0.2) is 0 Å². The van der Waals surface area contributed by atoms with Crippen LogP contribution in [0, 0.1) is 0 Å². The van der Waals surface area contributed by atoms with Crippen LogP contribution >= 0.6 is 0 Å². The average Bonchev–Trinajstić information content (AvgIpc) is 2.45. The number of hydrogen-bond donors (Lipinski definition) is 0. The zero-order chi connectivity index (χ0) is 12.8. The van der Waals surface area contributed by atoms with E-state index >= 15 is 0 Å². The van der Waals surface area contributed by atoms with Gasteiger partial charge < -0.3 is 9.64 Å². The van der Waals surface area contributed by atoms with Gasteiger partial charge >= 0.3 is 0 Å². The summed E-state index contributed by atoms with van der Waals surface area (Å²) < 4.78 is 5.70. The first kappa shape index (κ1) is 12.8. The lowest BCUT2D eigenvalue weighted by Gasteiger charge is -2.32. The summed E-state index contributed by atoms with van der Waals surface area (Å²) in [6.45, 7) is 5.50. The van der Waals surface area contributed by atoms with Crippen molar-refractivity contribution in [1.82, 2.24) is 4.90 Å². The van der Waals surface area contributed by atoms with Gasteiger partial charge in [-0.05, 0) is 24.5 Å². The lowest BCUT2D eigenvalue weighted by Crippen LogP contribution is -2.45. The summed E-state index contributed by atoms with van der Waals surface area (Å²) in [7, 11) is 0. The molecule has 1 saturated heterocycles. The maximum Gasteiger partial charge on any atom is 0.246 e. The number of hydrogen-bond acceptors (Lipinski definition) is 2. The van der Waals surface area contributed by atoms with Crippen LogP contribution in [0.5, 0.6) is 0 Å². The monoisotopic (exact) mass is 245 g/mol. The number of nitrogens with zero attached hydrogens (tertiary/aromatic N) is 1. The van der Waals surface area contributed by atoms with Crippen LogP contribution in [0.4, 0.5) is 0 Å². The molecule has 1 aliphatic heterocycles. The van der Waals surface area contributed by atoms with E-state index in [1.165, 1.54) is 11.6 Å². The number of benzene rings is 1. The molecule has 1 fully saturated rings. The van der Waals surface area contributed by atoms with Crippen LogP contribution in [0.25, 0.3) is 0 Å². The Morgan fingerprint density at radius 1 is 1.44 bits per heavy atom. The van der Waals surface area contributed by atoms with Crippen LogP contribution in [0.2, 0.25) is 0 Å². The molecule has 0 radical (unpaired) electrons. The van der Waals surface area contributed by atoms with Crippen molar-refractivity contribution in [2.45, 2.75) is 18.9 Å². The number of morpholine rings is 1. The number of aryl methyl sites for hydroxylation is 1. The van der Waals surface area contributed by atoms with Crippen LogP contribution in [-0.2, 0) is 16.0 Å². The number of rotatable bonds is 4. The molecule has 1 aromatic carbocycles. The predicted octanol–water partition coefficient (Wildman–Crippen LogP) is 2.03. The largest absolute Gasteiger partial charge is 0.375 e. The summed E-state index contributed by atoms with van der Waals surface area (Å²) in [5, 5.41) is 0. The summed E-state index contributed by atoms with van der Waals surface area (Å²) in [6.07, 6.45) is 3.45. The molecule has 1 heterocycles. The highest BCUT2D eigenvalue weighted by atomic mass is 16.5. The zero-order valence-electron chi connectivity index (χ0n) is 10.5. The van der Waals surface area contributed by atoms with E-state index in [1.807, 2.05) is 23.1 Å². The first-order valence-electron chi connectivity index (χ1n) is 6.36. The summed E-state index contributed by atoms with van der Waals surface area (Å²) in [4.78, 5) is 13.4. The average molecular weight is 245 g/mol. The fourth-order valence-electron chi connectivity index (χ4n) is 2.20. The summed E-state index contributed by atoms with van der Waals surface area (Å²) >= 11 is 0. The van der Waals surface area contributed by atoms with Crippen molar-refractivity contribution in [3.63, 3.8) is 0 Å². The molecular weight excluding hydrogens is 226 g/mol. The van der Waals surface area contributed by atoms with E-state index in [0.29, 0.717) is 19.7 Å². The van der Waals surface area contributed by atoms with Crippen LogP contribution in [-0.4, -0.2) is 36.6 Å². The molecule has 1 aromatic rings. The molecule has 18 heavy (non-hydrogen) atoms. The molecule has 0 N–H and O–H groups in total. The Balaban J connectivity index is 1.83. The second-order valence-electron chi connectivity index (χ2n) is 4.51. The van der Waals surface area contributed by atoms with E-state index in [9.17, 15) is 4.79 Å². The van der Waals surface area contributed by atoms with E-state index in [2.05, 4.69) is 18.7 Å². The van der Waals surface area contributed by atoms with E-state index in [0.717, 1.165) is 12.8 Å². The molecule has 0 aliphatic carbocycles. The van der Waals surface area contributed by atoms with E-state index in [4.69, 9.17) is 4.74 Å². The lowest BCUT2D eigenvalue weighted by molar-refractivity contribution is -0.133. The zero-order valence-corrected chi connectivity index (χ0v) is 10.5. The normalized spacial score (nSPS) is 19.6. The van der Waals surface area contributed by atoms with Gasteiger partial charge in [0.2, 0.25) is 5.91 Å². The number of carbonyl (C=O) groups excluding carboxylic acids is 1. The minimum absolute atomic E-state index is 0.00279. The smallest absolute Gasteiger partial charge is 0.246 e. The topological polar surface area (TPSA) is 29.5 Å². The van der Waals surface area contributed by atoms with E-state index in [-0.39, 0.29) is 12.0 Å². The Morgan fingerprint density at radius 2 is 2.22 bits per heavy atom. The lowest BCUT2D eigenvalue weighted by atomic mass is 10.1. The summed E-state index contributed by atoms with van der Waals surface area (Å²) in [6, 6.07) is 10.4. The molecular formula is C15H19NO2. The van der Waals surface area contributed by atoms with Crippen molar-refractivity contribution in [3.05, 3.63) is 48.6 Å². The Morgan fingerprint density at radius 3 is 2.94 bits per heavy atom. The molecule has 0 aromatic heterocycles. The van der Waals surface area contributed by atoms with Crippen LogP contribution in [0.3, 0.4) is 0 Å². The fraction of sp³-hybridized carbons (Fsp3) is 0.400. The van der Waals surface area contributed by atoms with Gasteiger partial charge in [0.1, 0.15) is 0 Å². The SMILES string of the molecule is C=CC(=O)N1CCO[C@H](CCc2ccccc2)C1. The van der Waals surface area contributed by atoms with Gasteiger partial charge in [0.25, 0.3) is 0 Å². The van der Waals surface area contributed by atoms with Gasteiger partial charge in [-0.3, -0.25) is 4.79 Å². The molecule has 3 heteroatoms. The molecule has 2 rings (SSSR count). The minimum Gasteiger partial charge on any atom is -0.375 e. The number of amides is 1. The summed E-state index contributed by atoms with van der Waals surface area (Å²) in [5.74, 6) is 0.00279. The maximum atomic E-state index is 11.5. The molecule has 1 aliphatic rings. The van der Waals surface area contributed by atoms with E-state index < -0.39 is 0 Å². The molecule has 0 spiro atoms. The third-order valence-corrected chi connectivity index (χ3v) is 3.22. The van der Waals surface area contributed by atoms with Crippen molar-refractivity contribution in [3.8, 4) is 0 Å².